The van der Waals surface area contributed by atoms with Crippen molar-refractivity contribution in [3.05, 3.63) is 40.0 Å². The van der Waals surface area contributed by atoms with Crippen molar-refractivity contribution in [3.63, 3.8) is 0 Å². The van der Waals surface area contributed by atoms with Crippen LogP contribution in [0.2, 0.25) is 0 Å². The fourth-order valence-electron chi connectivity index (χ4n) is 3.27. The highest BCUT2D eigenvalue weighted by atomic mass is 16.6. The Morgan fingerprint density at radius 1 is 1.37 bits per heavy atom. The molecule has 3 N–H and O–H groups in total. The molecule has 0 spiro atoms. The molecule has 0 fully saturated rings. The molecule has 2 aromatic heterocycles. The Bertz CT molecular complexity index is 1100. The standard InChI is InChI=1S/C21H26N4O5/c1-21(2,3)30-16(26)11-24-19(28)17-18(27)13-9-14(12-5-7-22-8-6-12)23-10-15(13)25(4)20(17)29/h5,9-10,22,27H,6-8,11H2,1-4H3,(H,24,28). The zero-order valence-electron chi connectivity index (χ0n) is 17.5. The summed E-state index contributed by atoms with van der Waals surface area (Å²) < 4.78 is 6.40. The molecule has 0 aliphatic carbocycles. The van der Waals surface area contributed by atoms with Gasteiger partial charge in [-0.1, -0.05) is 6.08 Å². The Hall–Kier alpha value is -3.20. The van der Waals surface area contributed by atoms with Gasteiger partial charge in [-0.25, -0.2) is 0 Å². The average molecular weight is 414 g/mol. The second-order valence-corrected chi connectivity index (χ2v) is 8.13. The number of aromatic nitrogens is 2. The van der Waals surface area contributed by atoms with Gasteiger partial charge in [-0.15, -0.1) is 0 Å². The number of hydrogen-bond acceptors (Lipinski definition) is 7. The van der Waals surface area contributed by atoms with Crippen LogP contribution in [0.15, 0.2) is 23.1 Å². The Kier molecular flexibility index (Phi) is 5.93. The van der Waals surface area contributed by atoms with E-state index in [1.54, 1.807) is 26.8 Å². The lowest BCUT2D eigenvalue weighted by atomic mass is 10.0. The number of carbonyl (C=O) groups is 2. The number of pyridine rings is 2. The smallest absolute Gasteiger partial charge is 0.325 e. The molecule has 0 radical (unpaired) electrons. The van der Waals surface area contributed by atoms with Crippen LogP contribution in [0.1, 0.15) is 43.2 Å². The second-order valence-electron chi connectivity index (χ2n) is 8.13. The lowest BCUT2D eigenvalue weighted by Crippen LogP contribution is -2.37. The maximum absolute atomic E-state index is 12.7. The van der Waals surface area contributed by atoms with Gasteiger partial charge in [0.05, 0.1) is 17.4 Å². The van der Waals surface area contributed by atoms with Gasteiger partial charge in [-0.05, 0) is 45.4 Å². The van der Waals surface area contributed by atoms with Gasteiger partial charge in [0.15, 0.2) is 0 Å². The van der Waals surface area contributed by atoms with Crippen LogP contribution < -0.4 is 16.2 Å². The van der Waals surface area contributed by atoms with Crippen LogP contribution in [-0.4, -0.2) is 51.8 Å². The quantitative estimate of drug-likeness (QED) is 0.640. The van der Waals surface area contributed by atoms with E-state index in [-0.39, 0.29) is 0 Å². The number of aryl methyl sites for hydroxylation is 1. The maximum atomic E-state index is 12.7. The summed E-state index contributed by atoms with van der Waals surface area (Å²) in [5, 5.41) is 16.7. The van der Waals surface area contributed by atoms with Crippen LogP contribution in [0.25, 0.3) is 16.5 Å². The minimum absolute atomic E-state index is 0.337. The summed E-state index contributed by atoms with van der Waals surface area (Å²) in [4.78, 5) is 41.6. The van der Waals surface area contributed by atoms with Crippen LogP contribution in [0.3, 0.4) is 0 Å². The number of nitrogens with one attached hydrogen (secondary N) is 2. The van der Waals surface area contributed by atoms with E-state index in [4.69, 9.17) is 4.74 Å². The fourth-order valence-corrected chi connectivity index (χ4v) is 3.27. The van der Waals surface area contributed by atoms with Gasteiger partial charge in [-0.2, -0.15) is 0 Å². The molecular weight excluding hydrogens is 388 g/mol. The van der Waals surface area contributed by atoms with Crippen molar-refractivity contribution in [2.75, 3.05) is 19.6 Å². The third kappa shape index (κ3) is 4.51. The van der Waals surface area contributed by atoms with Crippen LogP contribution in [-0.2, 0) is 16.6 Å². The summed E-state index contributed by atoms with van der Waals surface area (Å²) in [6.07, 6.45) is 4.32. The number of ether oxygens (including phenoxy) is 1. The van der Waals surface area contributed by atoms with Crippen LogP contribution in [0.5, 0.6) is 5.75 Å². The van der Waals surface area contributed by atoms with E-state index in [0.29, 0.717) is 16.6 Å². The van der Waals surface area contributed by atoms with Crippen molar-refractivity contribution in [2.45, 2.75) is 32.8 Å². The number of fused-ring (bicyclic) bond motifs is 1. The molecule has 9 nitrogen and oxygen atoms in total. The van der Waals surface area contributed by atoms with Gasteiger partial charge in [-0.3, -0.25) is 19.4 Å². The van der Waals surface area contributed by atoms with E-state index < -0.39 is 40.9 Å². The number of rotatable bonds is 4. The summed E-state index contributed by atoms with van der Waals surface area (Å²) >= 11 is 0. The van der Waals surface area contributed by atoms with Crippen molar-refractivity contribution in [2.24, 2.45) is 7.05 Å². The molecule has 0 aromatic carbocycles. The molecule has 30 heavy (non-hydrogen) atoms. The highest BCUT2D eigenvalue weighted by molar-refractivity contribution is 6.03. The highest BCUT2D eigenvalue weighted by Gasteiger charge is 2.24. The third-order valence-corrected chi connectivity index (χ3v) is 4.69. The third-order valence-electron chi connectivity index (χ3n) is 4.69. The molecule has 0 saturated heterocycles. The summed E-state index contributed by atoms with van der Waals surface area (Å²) in [5.41, 5.74) is 0.301. The van der Waals surface area contributed by atoms with E-state index in [1.807, 2.05) is 6.08 Å². The number of carbonyl (C=O) groups excluding carboxylic acids is 2. The topological polar surface area (TPSA) is 123 Å². The minimum Gasteiger partial charge on any atom is -0.506 e. The molecular formula is C21H26N4O5. The predicted molar refractivity (Wildman–Crippen MR) is 112 cm³/mol. The van der Waals surface area contributed by atoms with E-state index in [1.165, 1.54) is 17.8 Å². The predicted octanol–water partition coefficient (Wildman–Crippen LogP) is 1.09. The van der Waals surface area contributed by atoms with Crippen molar-refractivity contribution in [1.29, 1.82) is 0 Å². The summed E-state index contributed by atoms with van der Waals surface area (Å²) in [7, 11) is 1.50. The van der Waals surface area contributed by atoms with E-state index in [9.17, 15) is 19.5 Å². The molecule has 1 aliphatic heterocycles. The molecule has 3 heterocycles. The molecule has 1 amide bonds. The second kappa shape index (κ2) is 8.27. The van der Waals surface area contributed by atoms with Crippen molar-refractivity contribution >= 4 is 28.4 Å². The van der Waals surface area contributed by atoms with E-state index >= 15 is 0 Å². The highest BCUT2D eigenvalue weighted by Crippen LogP contribution is 2.29. The van der Waals surface area contributed by atoms with Gasteiger partial charge >= 0.3 is 5.97 Å². The largest absolute Gasteiger partial charge is 0.506 e. The lowest BCUT2D eigenvalue weighted by molar-refractivity contribution is -0.153. The Balaban J connectivity index is 1.96. The molecule has 3 rings (SSSR count). The first-order chi connectivity index (χ1) is 14.1. The molecule has 0 saturated carbocycles. The van der Waals surface area contributed by atoms with Crippen LogP contribution in [0, 0.1) is 0 Å². The Morgan fingerprint density at radius 3 is 2.73 bits per heavy atom. The molecule has 0 bridgehead atoms. The summed E-state index contributed by atoms with van der Waals surface area (Å²) in [6.45, 7) is 6.26. The molecule has 160 valence electrons. The zero-order chi connectivity index (χ0) is 22.1. The van der Waals surface area contributed by atoms with Gasteiger partial charge < -0.3 is 25.0 Å². The molecule has 0 atom stereocenters. The van der Waals surface area contributed by atoms with E-state index in [2.05, 4.69) is 15.6 Å². The average Bonchev–Trinajstić information content (AvgIpc) is 2.70. The molecule has 9 heteroatoms. The molecule has 1 aliphatic rings. The Morgan fingerprint density at radius 2 is 2.10 bits per heavy atom. The number of aromatic hydroxyl groups is 1. The van der Waals surface area contributed by atoms with Gasteiger partial charge in [0.1, 0.15) is 23.5 Å². The van der Waals surface area contributed by atoms with Crippen molar-refractivity contribution in [1.82, 2.24) is 20.2 Å². The van der Waals surface area contributed by atoms with Gasteiger partial charge in [0, 0.05) is 19.0 Å². The van der Waals surface area contributed by atoms with Crippen LogP contribution >= 0.6 is 0 Å². The number of hydrogen-bond donors (Lipinski definition) is 3. The summed E-state index contributed by atoms with van der Waals surface area (Å²) in [5.74, 6) is -1.93. The number of esters is 1. The first kappa shape index (κ1) is 21.5. The SMILES string of the molecule is Cn1c(=O)c(C(=O)NCC(=O)OC(C)(C)C)c(O)c2cc(C3=CCNCC3)ncc21. The van der Waals surface area contributed by atoms with Gasteiger partial charge in [0.25, 0.3) is 11.5 Å². The normalized spacial score (nSPS) is 14.3. The van der Waals surface area contributed by atoms with Crippen molar-refractivity contribution < 1.29 is 19.4 Å². The van der Waals surface area contributed by atoms with Crippen LogP contribution in [0.4, 0.5) is 0 Å². The fraction of sp³-hybridized carbons (Fsp3) is 0.429. The number of nitrogens with zero attached hydrogens (tertiary/aromatic N) is 2. The monoisotopic (exact) mass is 414 g/mol. The molecule has 0 unspecified atom stereocenters. The first-order valence-corrected chi connectivity index (χ1v) is 9.70. The first-order valence-electron chi connectivity index (χ1n) is 9.70. The lowest BCUT2D eigenvalue weighted by Gasteiger charge is -2.19. The number of amides is 1. The maximum Gasteiger partial charge on any atom is 0.325 e. The molecule has 2 aromatic rings. The van der Waals surface area contributed by atoms with Crippen molar-refractivity contribution in [3.8, 4) is 5.75 Å². The minimum atomic E-state index is -0.847. The van der Waals surface area contributed by atoms with Gasteiger partial charge in [0.2, 0.25) is 0 Å². The summed E-state index contributed by atoms with van der Waals surface area (Å²) in [6, 6.07) is 1.67. The zero-order valence-corrected chi connectivity index (χ0v) is 17.5. The Labute approximate surface area is 173 Å². The van der Waals surface area contributed by atoms with E-state index in [0.717, 1.165) is 25.1 Å².